The summed E-state index contributed by atoms with van der Waals surface area (Å²) in [5.74, 6) is 0.547. The van der Waals surface area contributed by atoms with Crippen molar-refractivity contribution in [3.05, 3.63) is 84.3 Å². The quantitative estimate of drug-likeness (QED) is 0.0832. The van der Waals surface area contributed by atoms with Crippen LogP contribution in [0.1, 0.15) is 79.7 Å². The maximum atomic E-state index is 11.7. The molecule has 47 heavy (non-hydrogen) atoms. The fourth-order valence-corrected chi connectivity index (χ4v) is 10.6. The molecule has 0 fully saturated rings. The average Bonchev–Trinajstić information content (AvgIpc) is 3.01. The van der Waals surface area contributed by atoms with Crippen molar-refractivity contribution in [2.75, 3.05) is 4.57 Å². The van der Waals surface area contributed by atoms with Crippen LogP contribution in [0.5, 0.6) is 0 Å². The molecule has 6 heteroatoms. The Balaban J connectivity index is 0.000000269. The van der Waals surface area contributed by atoms with E-state index in [1.807, 2.05) is 40.0 Å². The van der Waals surface area contributed by atoms with Crippen LogP contribution in [0.3, 0.4) is 0 Å². The molecule has 0 aliphatic carbocycles. The van der Waals surface area contributed by atoms with Crippen LogP contribution in [0, 0.1) is 23.3 Å². The zero-order valence-electron chi connectivity index (χ0n) is 29.6. The summed E-state index contributed by atoms with van der Waals surface area (Å²) in [5.41, 5.74) is 9.20. The molecule has 3 heterocycles. The summed E-state index contributed by atoms with van der Waals surface area (Å²) < 4.78 is 2.66. The molecule has 1 aromatic heterocycles. The molecule has 0 atom stereocenters. The van der Waals surface area contributed by atoms with Gasteiger partial charge in [0.2, 0.25) is 0 Å². The number of hydrogen-bond acceptors (Lipinski definition) is 4. The van der Waals surface area contributed by atoms with E-state index < -0.39 is 8.24 Å². The fraction of sp³-hybridized carbons (Fsp3) is 0.415. The van der Waals surface area contributed by atoms with Crippen molar-refractivity contribution in [1.29, 1.82) is 0 Å². The van der Waals surface area contributed by atoms with E-state index in [-0.39, 0.29) is 48.9 Å². The third-order valence-electron chi connectivity index (χ3n) is 9.85. The van der Waals surface area contributed by atoms with E-state index in [1.54, 1.807) is 0 Å². The molecular weight excluding hydrogens is 773 g/mol. The van der Waals surface area contributed by atoms with Gasteiger partial charge in [-0.25, -0.2) is 0 Å². The van der Waals surface area contributed by atoms with Crippen molar-refractivity contribution in [2.45, 2.75) is 93.7 Å². The van der Waals surface area contributed by atoms with E-state index in [0.717, 1.165) is 43.4 Å². The minimum Gasteiger partial charge on any atom is -0.512 e. The average molecular weight is 824 g/mol. The van der Waals surface area contributed by atoms with Crippen molar-refractivity contribution < 1.29 is 30.0 Å². The van der Waals surface area contributed by atoms with E-state index in [4.69, 9.17) is 4.98 Å². The smallest absolute Gasteiger partial charge is 0.186 e. The molecule has 0 saturated heterocycles. The molecule has 2 aliphatic rings. The van der Waals surface area contributed by atoms with Crippen LogP contribution in [-0.4, -0.2) is 24.1 Å². The van der Waals surface area contributed by atoms with Crippen LogP contribution in [0.2, 0.25) is 13.1 Å². The van der Waals surface area contributed by atoms with Gasteiger partial charge in [0, 0.05) is 55.6 Å². The first-order valence-electron chi connectivity index (χ1n) is 17.2. The van der Waals surface area contributed by atoms with Gasteiger partial charge in [0.1, 0.15) is 0 Å². The molecule has 0 saturated carbocycles. The number of aliphatic hydroxyl groups excluding tert-OH is 1. The van der Waals surface area contributed by atoms with E-state index in [1.165, 1.54) is 50.1 Å². The Labute approximate surface area is 297 Å². The summed E-state index contributed by atoms with van der Waals surface area (Å²) in [5, 5.41) is 13.8. The Hall–Kier alpha value is -3.05. The van der Waals surface area contributed by atoms with Gasteiger partial charge in [0.15, 0.2) is 14.0 Å². The van der Waals surface area contributed by atoms with Crippen LogP contribution in [0.4, 0.5) is 11.4 Å². The first-order valence-corrected chi connectivity index (χ1v) is 20.1. The van der Waals surface area contributed by atoms with Crippen molar-refractivity contribution in [2.24, 2.45) is 17.3 Å². The normalized spacial score (nSPS) is 14.3. The molecule has 2 aliphatic heterocycles. The zero-order chi connectivity index (χ0) is 33.4. The van der Waals surface area contributed by atoms with Crippen molar-refractivity contribution in [3.8, 4) is 22.4 Å². The predicted molar refractivity (Wildman–Crippen MR) is 198 cm³/mol. The number of aliphatic hydroxyl groups is 1. The molecular formula is C41H51IrN2O2Si-. The number of pyridine rings is 1. The van der Waals surface area contributed by atoms with Gasteiger partial charge in [-0.3, -0.25) is 4.79 Å². The number of aromatic nitrogens is 1. The third kappa shape index (κ3) is 7.07. The zero-order valence-corrected chi connectivity index (χ0v) is 33.0. The number of carbonyl (C=O) groups excluding carboxylic acids is 1. The second kappa shape index (κ2) is 14.6. The topological polar surface area (TPSA) is 53.4 Å². The minimum atomic E-state index is -2.04. The van der Waals surface area contributed by atoms with Crippen molar-refractivity contribution in [3.63, 3.8) is 0 Å². The second-order valence-electron chi connectivity index (χ2n) is 14.7. The van der Waals surface area contributed by atoms with Gasteiger partial charge >= 0.3 is 0 Å². The van der Waals surface area contributed by atoms with Gasteiger partial charge in [0.05, 0.1) is 5.76 Å². The number of nitrogens with zero attached hydrogens (tertiary/aromatic N) is 2. The van der Waals surface area contributed by atoms with E-state index >= 15 is 0 Å². The van der Waals surface area contributed by atoms with Gasteiger partial charge < -0.3 is 14.7 Å². The number of carbonyl (C=O) groups is 1. The van der Waals surface area contributed by atoms with Gasteiger partial charge in [-0.15, -0.1) is 23.8 Å². The van der Waals surface area contributed by atoms with Gasteiger partial charge in [-0.2, -0.15) is 0 Å². The molecule has 0 spiro atoms. The van der Waals surface area contributed by atoms with Gasteiger partial charge in [-0.05, 0) is 90.3 Å². The number of rotatable bonds is 8. The number of allylic oxidation sites excluding steroid dienone is 2. The van der Waals surface area contributed by atoms with Crippen LogP contribution < -0.4 is 9.75 Å². The molecule has 1 radical (unpaired) electrons. The number of anilines is 2. The van der Waals surface area contributed by atoms with Crippen molar-refractivity contribution >= 4 is 41.4 Å². The summed E-state index contributed by atoms with van der Waals surface area (Å²) in [4.78, 5) is 16.6. The minimum absolute atomic E-state index is 0. The Morgan fingerprint density at radius 2 is 1.64 bits per heavy atom. The fourth-order valence-electron chi connectivity index (χ4n) is 7.37. The summed E-state index contributed by atoms with van der Waals surface area (Å²) in [7, 11) is -2.04. The molecule has 0 amide bonds. The van der Waals surface area contributed by atoms with Gasteiger partial charge in [0.25, 0.3) is 0 Å². The molecule has 0 bridgehead atoms. The predicted octanol–water partition coefficient (Wildman–Crippen LogP) is 10.7. The largest absolute Gasteiger partial charge is 0.512 e. The summed E-state index contributed by atoms with van der Waals surface area (Å²) in [6.45, 7) is 20.0. The summed E-state index contributed by atoms with van der Waals surface area (Å²) in [6.07, 6.45) is 7.97. The number of benzene rings is 3. The molecule has 4 nitrogen and oxygen atoms in total. The molecule has 0 unspecified atom stereocenters. The van der Waals surface area contributed by atoms with E-state index in [9.17, 15) is 9.90 Å². The van der Waals surface area contributed by atoms with Crippen molar-refractivity contribution in [1.82, 2.24) is 4.98 Å². The SMILES string of the molecule is CC(C)(C)Cc1ccc2c(c1)[Si](C)(C)N1c3c-2ccnc3-c2[c-]ccc3cccc1c23.CCC(CC)C(=O)/C=C(\O)C(CC)CC.[Ir]. The Morgan fingerprint density at radius 3 is 2.28 bits per heavy atom. The van der Waals surface area contributed by atoms with Crippen LogP contribution >= 0.6 is 0 Å². The molecule has 4 aromatic rings. The van der Waals surface area contributed by atoms with E-state index in [2.05, 4.69) is 93.0 Å². The number of hydrogen-bond donors (Lipinski definition) is 1. The van der Waals surface area contributed by atoms with Crippen LogP contribution in [0.15, 0.2) is 72.6 Å². The molecule has 251 valence electrons. The molecule has 3 aromatic carbocycles. The maximum absolute atomic E-state index is 11.7. The van der Waals surface area contributed by atoms with E-state index in [0.29, 0.717) is 0 Å². The second-order valence-corrected chi connectivity index (χ2v) is 18.8. The standard InChI is InChI=1S/C28H27N2Si.C13H24O2.Ir/c1-28(2,3)17-18-12-13-20-21-14-15-29-26-22-10-6-8-19-9-7-11-23(25(19)22)30(27(21)26)31(4,5)24(20)16-18;1-5-10(6-2)12(14)9-13(15)11(7-3)8-4;/h6-9,11-16H,17H2,1-5H3;9-11,14H,5-8H2,1-4H3;/q-1;;/b;12-9-;. The third-order valence-corrected chi connectivity index (χ3v) is 13.2. The maximum Gasteiger partial charge on any atom is 0.186 e. The molecule has 6 rings (SSSR count). The monoisotopic (exact) mass is 824 g/mol. The first-order chi connectivity index (χ1) is 21.9. The number of ketones is 1. The number of fused-ring (bicyclic) bond motifs is 4. The molecule has 1 N–H and O–H groups in total. The Morgan fingerprint density at radius 1 is 0.957 bits per heavy atom. The summed E-state index contributed by atoms with van der Waals surface area (Å²) >= 11 is 0. The Bertz CT molecular complexity index is 1780. The first kappa shape index (κ1) is 36.8. The summed E-state index contributed by atoms with van der Waals surface area (Å²) in [6, 6.07) is 23.8. The van der Waals surface area contributed by atoms with Crippen LogP contribution in [0.25, 0.3) is 33.2 Å². The van der Waals surface area contributed by atoms with Gasteiger partial charge in [-0.1, -0.05) is 89.6 Å². The van der Waals surface area contributed by atoms with Crippen LogP contribution in [-0.2, 0) is 31.3 Å². The Kier molecular flexibility index (Phi) is 11.4.